The van der Waals surface area contributed by atoms with E-state index >= 15 is 0 Å². The molecule has 0 aliphatic carbocycles. The Morgan fingerprint density at radius 3 is 1.80 bits per heavy atom. The van der Waals surface area contributed by atoms with Crippen LogP contribution >= 0.6 is 23.5 Å². The molecule has 0 N–H and O–H groups in total. The van der Waals surface area contributed by atoms with Crippen LogP contribution in [0, 0.1) is 0 Å². The Kier molecular flexibility index (Phi) is 5.43. The van der Waals surface area contributed by atoms with Crippen molar-refractivity contribution in [1.82, 2.24) is 18.5 Å². The predicted octanol–water partition coefficient (Wildman–Crippen LogP) is 8.97. The fourth-order valence-corrected chi connectivity index (χ4v) is 11.0. The average Bonchev–Trinajstić information content (AvgIpc) is 3.81. The van der Waals surface area contributed by atoms with E-state index in [9.17, 15) is 0 Å². The lowest BCUT2D eigenvalue weighted by Gasteiger charge is -2.33. The van der Waals surface area contributed by atoms with E-state index in [1.165, 1.54) is 63.5 Å². The molecule has 7 heteroatoms. The highest BCUT2D eigenvalue weighted by Crippen LogP contribution is 2.42. The molecule has 0 amide bonds. The molecule has 2 aliphatic heterocycles. The molecule has 3 aromatic heterocycles. The van der Waals surface area contributed by atoms with Gasteiger partial charge >= 0.3 is 0 Å². The fraction of sp³-hybridized carbons (Fsp3) is 0. The van der Waals surface area contributed by atoms with E-state index in [1.807, 2.05) is 23.5 Å². The van der Waals surface area contributed by atoms with Gasteiger partial charge in [0.2, 0.25) is 12.5 Å². The normalized spacial score (nSPS) is 13.4. The van der Waals surface area contributed by atoms with E-state index in [-0.39, 0.29) is 6.71 Å². The van der Waals surface area contributed by atoms with Gasteiger partial charge in [-0.3, -0.25) is 8.97 Å². The molecule has 0 saturated heterocycles. The topological polar surface area (TPSA) is 27.2 Å². The molecule has 232 valence electrons. The first-order valence-electron chi connectivity index (χ1n) is 16.9. The van der Waals surface area contributed by atoms with Crippen molar-refractivity contribution >= 4 is 96.3 Å². The zero-order valence-electron chi connectivity index (χ0n) is 26.6. The molecule has 0 spiro atoms. The monoisotopic (exact) mass is 672 g/mol. The lowest BCUT2D eigenvalue weighted by Crippen LogP contribution is -2.58. The molecule has 0 atom stereocenters. The van der Waals surface area contributed by atoms with Gasteiger partial charge in [0.25, 0.3) is 0 Å². The molecule has 0 radical (unpaired) electrons. The molecule has 0 fully saturated rings. The third-order valence-electron chi connectivity index (χ3n) is 10.6. The van der Waals surface area contributed by atoms with Gasteiger partial charge in [0.1, 0.15) is 0 Å². The molecule has 0 bridgehead atoms. The summed E-state index contributed by atoms with van der Waals surface area (Å²) in [5.41, 5.74) is 13.4. The van der Waals surface area contributed by atoms with Crippen molar-refractivity contribution in [1.29, 1.82) is 0 Å². The molecular formula is C43H25BN4S2. The predicted molar refractivity (Wildman–Crippen MR) is 210 cm³/mol. The maximum absolute atomic E-state index is 5.14. The van der Waals surface area contributed by atoms with Crippen molar-refractivity contribution in [3.05, 3.63) is 152 Å². The maximum atomic E-state index is 5.14. The number of rotatable bonds is 2. The summed E-state index contributed by atoms with van der Waals surface area (Å²) < 4.78 is 7.07. The molecule has 50 heavy (non-hydrogen) atoms. The van der Waals surface area contributed by atoms with Gasteiger partial charge in [-0.1, -0.05) is 113 Å². The molecule has 0 unspecified atom stereocenters. The lowest BCUT2D eigenvalue weighted by molar-refractivity contribution is 1.11. The van der Waals surface area contributed by atoms with Crippen LogP contribution in [0.15, 0.2) is 171 Å². The summed E-state index contributed by atoms with van der Waals surface area (Å²) in [4.78, 5) is 10.5. The van der Waals surface area contributed by atoms with Crippen LogP contribution in [0.2, 0.25) is 0 Å². The molecule has 2 aliphatic rings. The zero-order chi connectivity index (χ0) is 32.5. The molecule has 4 nitrogen and oxygen atoms in total. The maximum Gasteiger partial charge on any atom is 0.247 e. The largest absolute Gasteiger partial charge is 0.309 e. The summed E-state index contributed by atoms with van der Waals surface area (Å²) in [6.07, 6.45) is 0. The Morgan fingerprint density at radius 1 is 0.440 bits per heavy atom. The van der Waals surface area contributed by atoms with Crippen LogP contribution in [-0.2, 0) is 0 Å². The average molecular weight is 673 g/mol. The summed E-state index contributed by atoms with van der Waals surface area (Å²) >= 11 is 3.82. The molecular weight excluding hydrogens is 647 g/mol. The van der Waals surface area contributed by atoms with Gasteiger partial charge in [-0.25, -0.2) is 4.98 Å². The first-order chi connectivity index (χ1) is 24.8. The van der Waals surface area contributed by atoms with E-state index in [0.717, 1.165) is 33.5 Å². The lowest BCUT2D eigenvalue weighted by atomic mass is 9.36. The van der Waals surface area contributed by atoms with Gasteiger partial charge in [0.05, 0.1) is 33.1 Å². The number of hydrogen-bond donors (Lipinski definition) is 0. The van der Waals surface area contributed by atoms with Crippen LogP contribution in [0.5, 0.6) is 0 Å². The summed E-state index contributed by atoms with van der Waals surface area (Å²) in [5.74, 6) is 0.924. The van der Waals surface area contributed by atoms with Gasteiger partial charge in [0.15, 0.2) is 0 Å². The SMILES string of the molecule is c1ccc2c(c1)Sc1cc(-n3c4ccccc4c4cc(-n5c6ccccc6n6c7ccccc7nc56)ccc43)cc3c1B2c1ccccc1S3. The third-order valence-corrected chi connectivity index (χ3v) is 12.9. The first kappa shape index (κ1) is 27.2. The number of aromatic nitrogens is 4. The molecule has 10 aromatic rings. The third kappa shape index (κ3) is 3.58. The Balaban J connectivity index is 1.10. The summed E-state index contributed by atoms with van der Waals surface area (Å²) in [6.45, 7) is 0.247. The van der Waals surface area contributed by atoms with Crippen molar-refractivity contribution in [3.8, 4) is 11.4 Å². The zero-order valence-corrected chi connectivity index (χ0v) is 28.2. The van der Waals surface area contributed by atoms with E-state index in [4.69, 9.17) is 4.98 Å². The number of nitrogens with zero attached hydrogens (tertiary/aromatic N) is 4. The smallest absolute Gasteiger partial charge is 0.247 e. The molecule has 12 rings (SSSR count). The highest BCUT2D eigenvalue weighted by Gasteiger charge is 2.38. The highest BCUT2D eigenvalue weighted by atomic mass is 32.2. The summed E-state index contributed by atoms with van der Waals surface area (Å²) in [7, 11) is 0. The first-order valence-corrected chi connectivity index (χ1v) is 18.6. The van der Waals surface area contributed by atoms with Crippen molar-refractivity contribution in [2.45, 2.75) is 19.6 Å². The van der Waals surface area contributed by atoms with Crippen LogP contribution in [-0.4, -0.2) is 25.2 Å². The number of hydrogen-bond acceptors (Lipinski definition) is 3. The van der Waals surface area contributed by atoms with Crippen LogP contribution in [0.1, 0.15) is 0 Å². The van der Waals surface area contributed by atoms with Crippen molar-refractivity contribution < 1.29 is 0 Å². The number of benzene rings is 7. The van der Waals surface area contributed by atoms with Crippen molar-refractivity contribution in [3.63, 3.8) is 0 Å². The molecule has 7 aromatic carbocycles. The van der Waals surface area contributed by atoms with Gasteiger partial charge in [-0.15, -0.1) is 0 Å². The Morgan fingerprint density at radius 2 is 1.04 bits per heavy atom. The second-order valence-electron chi connectivity index (χ2n) is 13.2. The fourth-order valence-electron chi connectivity index (χ4n) is 8.49. The van der Waals surface area contributed by atoms with Crippen LogP contribution in [0.3, 0.4) is 0 Å². The van der Waals surface area contributed by atoms with Crippen molar-refractivity contribution in [2.75, 3.05) is 0 Å². The van der Waals surface area contributed by atoms with Crippen LogP contribution in [0.4, 0.5) is 0 Å². The number of para-hydroxylation sites is 5. The highest BCUT2D eigenvalue weighted by molar-refractivity contribution is 8.01. The van der Waals surface area contributed by atoms with E-state index in [1.54, 1.807) is 0 Å². The molecule has 0 saturated carbocycles. The second-order valence-corrected chi connectivity index (χ2v) is 15.4. The Hall–Kier alpha value is -5.63. The Labute approximate surface area is 296 Å². The standard InChI is InChI=1S/C43H25BN4S2/c1-5-15-33-28(11-1)29-23-26(47-36-17-7-8-18-37(36)48-35-16-6-4-14-32(35)45-43(47)48)21-22-34(29)46(33)27-24-40-42-41(25-27)50-39-20-10-3-13-31(39)44(42)30-12-2-9-19-38(30)49-40/h1-25H. The number of fused-ring (bicyclic) bond motifs is 12. The van der Waals surface area contributed by atoms with E-state index in [0.29, 0.717) is 0 Å². The van der Waals surface area contributed by atoms with E-state index in [2.05, 4.69) is 165 Å². The second kappa shape index (κ2) is 9.97. The Bertz CT molecular complexity index is 3010. The van der Waals surface area contributed by atoms with Crippen LogP contribution < -0.4 is 16.4 Å². The van der Waals surface area contributed by atoms with E-state index < -0.39 is 0 Å². The minimum absolute atomic E-state index is 0.247. The van der Waals surface area contributed by atoms with Gasteiger partial charge in [-0.2, -0.15) is 0 Å². The summed E-state index contributed by atoms with van der Waals surface area (Å²) in [6, 6.07) is 55.6. The van der Waals surface area contributed by atoms with Crippen molar-refractivity contribution in [2.24, 2.45) is 0 Å². The van der Waals surface area contributed by atoms with Gasteiger partial charge in [-0.05, 0) is 78.3 Å². The van der Waals surface area contributed by atoms with Crippen LogP contribution in [0.25, 0.3) is 61.0 Å². The van der Waals surface area contributed by atoms with Gasteiger partial charge in [0, 0.05) is 41.7 Å². The summed E-state index contributed by atoms with van der Waals surface area (Å²) in [5, 5.41) is 2.47. The number of imidazole rings is 2. The minimum Gasteiger partial charge on any atom is -0.309 e. The molecule has 5 heterocycles. The minimum atomic E-state index is 0.247. The van der Waals surface area contributed by atoms with Gasteiger partial charge < -0.3 is 4.57 Å². The quantitative estimate of drug-likeness (QED) is 0.172.